The van der Waals surface area contributed by atoms with Gasteiger partial charge in [-0.15, -0.1) is 0 Å². The van der Waals surface area contributed by atoms with Crippen molar-refractivity contribution in [2.75, 3.05) is 0 Å². The van der Waals surface area contributed by atoms with Crippen LogP contribution in [0.15, 0.2) is 23.6 Å². The molecule has 1 aliphatic heterocycles. The van der Waals surface area contributed by atoms with Crippen molar-refractivity contribution in [3.05, 3.63) is 23.6 Å². The number of rotatable bonds is 0. The number of carbonyl (C=O) groups excluding carboxylic acids is 1. The molecule has 0 fully saturated rings. The molecular weight excluding hydrogens is 178 g/mol. The van der Waals surface area contributed by atoms with E-state index in [1.165, 1.54) is 10.5 Å². The van der Waals surface area contributed by atoms with Gasteiger partial charge in [-0.05, 0) is 19.1 Å². The average Bonchev–Trinajstić information content (AvgIpc) is 2.28. The Bertz CT molecular complexity index is 295. The van der Waals surface area contributed by atoms with Gasteiger partial charge in [-0.1, -0.05) is 0 Å². The number of nitrogens with zero attached hydrogens (tertiary/aromatic N) is 1. The fourth-order valence-corrected chi connectivity index (χ4v) is 1.50. The monoisotopic (exact) mass is 185 g/mol. The summed E-state index contributed by atoms with van der Waals surface area (Å²) in [5.41, 5.74) is 0.809. The average molecular weight is 186 g/mol. The molecule has 0 aromatic rings. The maximum absolute atomic E-state index is 11.0. The van der Waals surface area contributed by atoms with Crippen LogP contribution in [0, 0.1) is 0 Å². The summed E-state index contributed by atoms with van der Waals surface area (Å²) >= 11 is 5.87. The maximum atomic E-state index is 11.0. The molecule has 3 nitrogen and oxygen atoms in total. The molecule has 1 heterocycles. The zero-order valence-electron chi connectivity index (χ0n) is 6.58. The second-order valence-corrected chi connectivity index (χ2v) is 3.18. The number of ether oxygens (including phenoxy) is 1. The zero-order valence-corrected chi connectivity index (χ0v) is 7.34. The standard InChI is InChI=1S/C8H8ClNO2/c1-5-10(9)7-3-2-6(11)4-8(7)12-5/h2-3,5H,4H2,1H3. The molecule has 2 rings (SSSR count). The van der Waals surface area contributed by atoms with Crippen LogP contribution in [0.2, 0.25) is 0 Å². The SMILES string of the molecule is CC1OC2=C(C=CC(=O)C2)N1Cl. The van der Waals surface area contributed by atoms with Crippen LogP contribution in [0.25, 0.3) is 0 Å². The van der Waals surface area contributed by atoms with Gasteiger partial charge in [0.2, 0.25) is 0 Å². The van der Waals surface area contributed by atoms with Crippen molar-refractivity contribution in [1.82, 2.24) is 4.42 Å². The molecule has 12 heavy (non-hydrogen) atoms. The molecule has 2 aliphatic rings. The minimum atomic E-state index is -0.174. The Morgan fingerprint density at radius 2 is 2.42 bits per heavy atom. The summed E-state index contributed by atoms with van der Waals surface area (Å²) in [6, 6.07) is 0. The lowest BCUT2D eigenvalue weighted by Crippen LogP contribution is -2.17. The molecule has 1 unspecified atom stereocenters. The van der Waals surface area contributed by atoms with Crippen molar-refractivity contribution in [1.29, 1.82) is 0 Å². The largest absolute Gasteiger partial charge is 0.471 e. The van der Waals surface area contributed by atoms with Gasteiger partial charge in [0.15, 0.2) is 12.0 Å². The molecule has 0 spiro atoms. The van der Waals surface area contributed by atoms with Gasteiger partial charge in [-0.2, -0.15) is 0 Å². The molecular formula is C8H8ClNO2. The van der Waals surface area contributed by atoms with Gasteiger partial charge in [0.25, 0.3) is 0 Å². The molecule has 0 N–H and O–H groups in total. The van der Waals surface area contributed by atoms with Crippen LogP contribution in [-0.4, -0.2) is 16.4 Å². The predicted octanol–water partition coefficient (Wildman–Crippen LogP) is 1.56. The summed E-state index contributed by atoms with van der Waals surface area (Å²) in [6.07, 6.45) is 3.37. The molecule has 0 aromatic carbocycles. The maximum Gasteiger partial charge on any atom is 0.183 e. The van der Waals surface area contributed by atoms with Crippen LogP contribution in [-0.2, 0) is 9.53 Å². The second-order valence-electron chi connectivity index (χ2n) is 2.81. The van der Waals surface area contributed by atoms with E-state index < -0.39 is 0 Å². The quantitative estimate of drug-likeness (QED) is 0.537. The molecule has 0 saturated carbocycles. The summed E-state index contributed by atoms with van der Waals surface area (Å²) < 4.78 is 6.85. The van der Waals surface area contributed by atoms with E-state index >= 15 is 0 Å². The fourth-order valence-electron chi connectivity index (χ4n) is 1.31. The Balaban J connectivity index is 2.30. The topological polar surface area (TPSA) is 29.5 Å². The first-order valence-electron chi connectivity index (χ1n) is 3.74. The molecule has 0 bridgehead atoms. The molecule has 0 radical (unpaired) electrons. The number of carbonyl (C=O) groups is 1. The summed E-state index contributed by atoms with van der Waals surface area (Å²) in [6.45, 7) is 1.84. The van der Waals surface area contributed by atoms with Gasteiger partial charge < -0.3 is 4.74 Å². The number of halogens is 1. The van der Waals surface area contributed by atoms with E-state index in [1.54, 1.807) is 6.08 Å². The van der Waals surface area contributed by atoms with E-state index in [4.69, 9.17) is 16.5 Å². The fraction of sp³-hybridized carbons (Fsp3) is 0.375. The highest BCUT2D eigenvalue weighted by Crippen LogP contribution is 2.32. The number of hydrogen-bond donors (Lipinski definition) is 0. The third kappa shape index (κ3) is 1.01. The molecule has 0 amide bonds. The molecule has 64 valence electrons. The van der Waals surface area contributed by atoms with Gasteiger partial charge in [-0.25, -0.2) is 4.42 Å². The minimum Gasteiger partial charge on any atom is -0.471 e. The Kier molecular flexibility index (Phi) is 1.61. The van der Waals surface area contributed by atoms with E-state index in [0.29, 0.717) is 12.2 Å². The van der Waals surface area contributed by atoms with E-state index in [0.717, 1.165) is 5.70 Å². The summed E-state index contributed by atoms with van der Waals surface area (Å²) in [4.78, 5) is 11.0. The minimum absolute atomic E-state index is 0.0629. The number of allylic oxidation sites excluding steroid dienone is 3. The van der Waals surface area contributed by atoms with Crippen LogP contribution in [0.3, 0.4) is 0 Å². The Hall–Kier alpha value is -0.960. The predicted molar refractivity (Wildman–Crippen MR) is 44.0 cm³/mol. The van der Waals surface area contributed by atoms with Crippen LogP contribution in [0.4, 0.5) is 0 Å². The van der Waals surface area contributed by atoms with Crippen molar-refractivity contribution < 1.29 is 9.53 Å². The second kappa shape index (κ2) is 2.52. The Morgan fingerprint density at radius 1 is 1.67 bits per heavy atom. The van der Waals surface area contributed by atoms with Crippen LogP contribution in [0.5, 0.6) is 0 Å². The molecule has 1 atom stereocenters. The first kappa shape index (κ1) is 7.68. The lowest BCUT2D eigenvalue weighted by Gasteiger charge is -2.13. The van der Waals surface area contributed by atoms with Crippen molar-refractivity contribution in [3.63, 3.8) is 0 Å². The van der Waals surface area contributed by atoms with Crippen LogP contribution >= 0.6 is 11.8 Å². The number of hydrogen-bond acceptors (Lipinski definition) is 3. The first-order valence-corrected chi connectivity index (χ1v) is 4.08. The van der Waals surface area contributed by atoms with E-state index in [9.17, 15) is 4.79 Å². The van der Waals surface area contributed by atoms with Crippen LogP contribution in [0.1, 0.15) is 13.3 Å². The van der Waals surface area contributed by atoms with E-state index in [-0.39, 0.29) is 12.0 Å². The van der Waals surface area contributed by atoms with Gasteiger partial charge in [0.05, 0.1) is 12.1 Å². The van der Waals surface area contributed by atoms with Crippen molar-refractivity contribution in [3.8, 4) is 0 Å². The zero-order chi connectivity index (χ0) is 8.72. The van der Waals surface area contributed by atoms with E-state index in [2.05, 4.69) is 0 Å². The number of ketones is 1. The molecule has 0 saturated heterocycles. The van der Waals surface area contributed by atoms with Gasteiger partial charge in [0, 0.05) is 11.8 Å². The lowest BCUT2D eigenvalue weighted by atomic mass is 10.1. The highest BCUT2D eigenvalue weighted by atomic mass is 35.5. The van der Waals surface area contributed by atoms with Gasteiger partial charge in [0.1, 0.15) is 5.76 Å². The molecule has 1 aliphatic carbocycles. The molecule has 0 aromatic heterocycles. The van der Waals surface area contributed by atoms with Crippen LogP contribution < -0.4 is 0 Å². The van der Waals surface area contributed by atoms with Gasteiger partial charge >= 0.3 is 0 Å². The smallest absolute Gasteiger partial charge is 0.183 e. The highest BCUT2D eigenvalue weighted by Gasteiger charge is 2.30. The summed E-state index contributed by atoms with van der Waals surface area (Å²) in [5, 5.41) is 0. The van der Waals surface area contributed by atoms with E-state index in [1.807, 2.05) is 6.92 Å². The van der Waals surface area contributed by atoms with Crippen molar-refractivity contribution in [2.24, 2.45) is 0 Å². The third-order valence-corrected chi connectivity index (χ3v) is 2.37. The Morgan fingerprint density at radius 3 is 3.17 bits per heavy atom. The lowest BCUT2D eigenvalue weighted by molar-refractivity contribution is -0.114. The molecule has 4 heteroatoms. The normalized spacial score (nSPS) is 27.7. The summed E-state index contributed by atoms with van der Waals surface area (Å²) in [7, 11) is 0. The van der Waals surface area contributed by atoms with Crippen molar-refractivity contribution in [2.45, 2.75) is 19.6 Å². The summed E-state index contributed by atoms with van der Waals surface area (Å²) in [5.74, 6) is 0.748. The third-order valence-electron chi connectivity index (χ3n) is 1.91. The highest BCUT2D eigenvalue weighted by molar-refractivity contribution is 6.15. The van der Waals surface area contributed by atoms with Crippen molar-refractivity contribution >= 4 is 17.6 Å². The van der Waals surface area contributed by atoms with Gasteiger partial charge in [-0.3, -0.25) is 4.79 Å². The first-order chi connectivity index (χ1) is 5.68. The Labute approximate surface area is 75.4 Å².